The van der Waals surface area contributed by atoms with E-state index in [9.17, 15) is 28.3 Å². The smallest absolute Gasteiger partial charge is 0.407 e. The first-order valence-corrected chi connectivity index (χ1v) is 11.7. The summed E-state index contributed by atoms with van der Waals surface area (Å²) in [6.07, 6.45) is -0.579. The highest BCUT2D eigenvalue weighted by molar-refractivity contribution is 5.86. The van der Waals surface area contributed by atoms with Crippen LogP contribution in [-0.2, 0) is 14.3 Å². The number of carboxylic acids is 1. The van der Waals surface area contributed by atoms with Crippen molar-refractivity contribution < 1.29 is 33.0 Å². The van der Waals surface area contributed by atoms with E-state index in [2.05, 4.69) is 5.32 Å². The Kier molecular flexibility index (Phi) is 5.73. The Morgan fingerprint density at radius 2 is 1.69 bits per heavy atom. The van der Waals surface area contributed by atoms with E-state index in [4.69, 9.17) is 4.74 Å². The molecule has 0 spiro atoms. The van der Waals surface area contributed by atoms with Gasteiger partial charge in [-0.2, -0.15) is 0 Å². The van der Waals surface area contributed by atoms with E-state index in [1.54, 1.807) is 6.92 Å². The topological polar surface area (TPSA) is 95.9 Å². The molecule has 2 aromatic carbocycles. The van der Waals surface area contributed by atoms with Gasteiger partial charge in [-0.3, -0.25) is 9.59 Å². The van der Waals surface area contributed by atoms with Crippen molar-refractivity contribution >= 4 is 18.0 Å². The van der Waals surface area contributed by atoms with Gasteiger partial charge in [0.1, 0.15) is 12.5 Å². The average Bonchev–Trinajstić information content (AvgIpc) is 3.10. The standard InChI is InChI=1S/C26H26F2N2O5/c1-14-15(24(32)33)10-11-30(14)23(31)22-21(26(22,27)28)12-29-25(34)35-13-20-18-8-4-2-6-16(18)17-7-3-5-9-19(17)20/h2-9,14-15,20-22H,10-13H2,1H3,(H,29,34)(H,32,33)/t14?,15?,21-,22-/m0/s1. The summed E-state index contributed by atoms with van der Waals surface area (Å²) in [4.78, 5) is 37.5. The number of carbonyl (C=O) groups excluding carboxylic acids is 2. The second kappa shape index (κ2) is 8.62. The minimum absolute atomic E-state index is 0.0607. The van der Waals surface area contributed by atoms with Crippen LogP contribution in [-0.4, -0.2) is 59.6 Å². The molecule has 2 aromatic rings. The van der Waals surface area contributed by atoms with Crippen molar-refractivity contribution in [2.24, 2.45) is 17.8 Å². The molecule has 2 N–H and O–H groups in total. The Bertz CT molecular complexity index is 1140. The maximum absolute atomic E-state index is 14.4. The molecule has 1 heterocycles. The number of hydrogen-bond acceptors (Lipinski definition) is 4. The highest BCUT2D eigenvalue weighted by Gasteiger charge is 2.72. The molecule has 2 amide bonds. The Hall–Kier alpha value is -3.49. The van der Waals surface area contributed by atoms with Crippen molar-refractivity contribution in [2.75, 3.05) is 19.7 Å². The summed E-state index contributed by atoms with van der Waals surface area (Å²) in [5.74, 6) is -8.87. The van der Waals surface area contributed by atoms with Crippen LogP contribution < -0.4 is 5.32 Å². The van der Waals surface area contributed by atoms with E-state index in [0.717, 1.165) is 22.3 Å². The van der Waals surface area contributed by atoms with Gasteiger partial charge in [0.05, 0.1) is 11.8 Å². The van der Waals surface area contributed by atoms with Gasteiger partial charge in [0.2, 0.25) is 5.91 Å². The molecule has 0 radical (unpaired) electrons. The molecular formula is C26H26F2N2O5. The van der Waals surface area contributed by atoms with Crippen molar-refractivity contribution in [3.63, 3.8) is 0 Å². The average molecular weight is 484 g/mol. The number of hydrogen-bond donors (Lipinski definition) is 2. The number of halogens is 2. The largest absolute Gasteiger partial charge is 0.481 e. The quantitative estimate of drug-likeness (QED) is 0.652. The molecule has 0 aromatic heterocycles. The number of benzene rings is 2. The number of fused-ring (bicyclic) bond motifs is 3. The first-order chi connectivity index (χ1) is 16.7. The van der Waals surface area contributed by atoms with Gasteiger partial charge >= 0.3 is 12.1 Å². The molecule has 4 atom stereocenters. The molecule has 3 aliphatic rings. The summed E-state index contributed by atoms with van der Waals surface area (Å²) >= 11 is 0. The fraction of sp³-hybridized carbons (Fsp3) is 0.423. The van der Waals surface area contributed by atoms with Gasteiger partial charge in [-0.05, 0) is 35.6 Å². The lowest BCUT2D eigenvalue weighted by molar-refractivity contribution is -0.143. The molecule has 2 fully saturated rings. The number of nitrogens with zero attached hydrogens (tertiary/aromatic N) is 1. The van der Waals surface area contributed by atoms with Crippen LogP contribution in [0.25, 0.3) is 11.1 Å². The third kappa shape index (κ3) is 3.92. The second-order valence-corrected chi connectivity index (χ2v) is 9.47. The van der Waals surface area contributed by atoms with Gasteiger partial charge in [-0.25, -0.2) is 13.6 Å². The third-order valence-corrected chi connectivity index (χ3v) is 7.63. The van der Waals surface area contributed by atoms with Crippen LogP contribution in [0, 0.1) is 17.8 Å². The summed E-state index contributed by atoms with van der Waals surface area (Å²) in [6, 6.07) is 15.1. The van der Waals surface area contributed by atoms with Crippen LogP contribution in [0.4, 0.5) is 13.6 Å². The molecule has 1 saturated heterocycles. The number of carboxylic acid groups (broad SMARTS) is 1. The molecule has 0 bridgehead atoms. The normalized spacial score (nSPS) is 26.1. The SMILES string of the molecule is CC1C(C(=O)O)CCN1C(=O)[C@@H]1[C@H](CNC(=O)OCC2c3ccccc3-c3ccccc32)C1(F)F. The Morgan fingerprint density at radius 3 is 2.26 bits per heavy atom. The van der Waals surface area contributed by atoms with Crippen molar-refractivity contribution in [2.45, 2.75) is 31.2 Å². The zero-order valence-corrected chi connectivity index (χ0v) is 19.1. The van der Waals surface area contributed by atoms with Crippen LogP contribution >= 0.6 is 0 Å². The zero-order valence-electron chi connectivity index (χ0n) is 19.1. The lowest BCUT2D eigenvalue weighted by atomic mass is 9.98. The summed E-state index contributed by atoms with van der Waals surface area (Å²) in [5, 5.41) is 11.6. The maximum atomic E-state index is 14.4. The van der Waals surface area contributed by atoms with Gasteiger partial charge in [-0.15, -0.1) is 0 Å². The molecular weight excluding hydrogens is 458 g/mol. The molecule has 2 aliphatic carbocycles. The molecule has 7 nitrogen and oxygen atoms in total. The van der Waals surface area contributed by atoms with E-state index in [1.807, 2.05) is 48.5 Å². The predicted octanol–water partition coefficient (Wildman–Crippen LogP) is 3.73. The lowest BCUT2D eigenvalue weighted by Crippen LogP contribution is -2.39. The maximum Gasteiger partial charge on any atom is 0.407 e. The van der Waals surface area contributed by atoms with Gasteiger partial charge in [0.25, 0.3) is 5.92 Å². The first kappa shape index (κ1) is 23.3. The van der Waals surface area contributed by atoms with Crippen LogP contribution in [0.3, 0.4) is 0 Å². The number of aliphatic carboxylic acids is 1. The van der Waals surface area contributed by atoms with Gasteiger partial charge in [-0.1, -0.05) is 48.5 Å². The fourth-order valence-corrected chi connectivity index (χ4v) is 5.58. The van der Waals surface area contributed by atoms with Crippen LogP contribution in [0.15, 0.2) is 48.5 Å². The molecule has 184 valence electrons. The van der Waals surface area contributed by atoms with Gasteiger partial charge < -0.3 is 20.1 Å². The lowest BCUT2D eigenvalue weighted by Gasteiger charge is -2.23. The van der Waals surface area contributed by atoms with Crippen molar-refractivity contribution in [1.82, 2.24) is 10.2 Å². The number of alkyl halides is 2. The summed E-state index contributed by atoms with van der Waals surface area (Å²) in [5.41, 5.74) is 4.25. The fourth-order valence-electron chi connectivity index (χ4n) is 5.58. The number of rotatable bonds is 6. The van der Waals surface area contributed by atoms with Crippen molar-refractivity contribution in [3.8, 4) is 11.1 Å². The van der Waals surface area contributed by atoms with Crippen molar-refractivity contribution in [3.05, 3.63) is 59.7 Å². The Morgan fingerprint density at radius 1 is 1.09 bits per heavy atom. The van der Waals surface area contributed by atoms with Gasteiger partial charge in [0, 0.05) is 25.0 Å². The summed E-state index contributed by atoms with van der Waals surface area (Å²) < 4.78 is 34.2. The van der Waals surface area contributed by atoms with E-state index in [1.165, 1.54) is 4.90 Å². The first-order valence-electron chi connectivity index (χ1n) is 11.7. The minimum atomic E-state index is -3.26. The zero-order chi connectivity index (χ0) is 24.9. The van der Waals surface area contributed by atoms with Crippen LogP contribution in [0.2, 0.25) is 0 Å². The highest BCUT2D eigenvalue weighted by Crippen LogP contribution is 2.56. The van der Waals surface area contributed by atoms with Crippen LogP contribution in [0.1, 0.15) is 30.4 Å². The van der Waals surface area contributed by atoms with Gasteiger partial charge in [0.15, 0.2) is 0 Å². The van der Waals surface area contributed by atoms with E-state index >= 15 is 0 Å². The van der Waals surface area contributed by atoms with Crippen LogP contribution in [0.5, 0.6) is 0 Å². The number of alkyl carbamates (subject to hydrolysis) is 1. The minimum Gasteiger partial charge on any atom is -0.481 e. The number of ether oxygens (including phenoxy) is 1. The number of likely N-dealkylation sites (tertiary alicyclic amines) is 1. The molecule has 2 unspecified atom stereocenters. The summed E-state index contributed by atoms with van der Waals surface area (Å²) in [6.45, 7) is 1.36. The molecule has 5 rings (SSSR count). The second-order valence-electron chi connectivity index (χ2n) is 9.47. The number of carbonyl (C=O) groups is 3. The predicted molar refractivity (Wildman–Crippen MR) is 122 cm³/mol. The van der Waals surface area contributed by atoms with E-state index < -0.39 is 54.2 Å². The highest BCUT2D eigenvalue weighted by atomic mass is 19.3. The van der Waals surface area contributed by atoms with Crippen molar-refractivity contribution in [1.29, 1.82) is 0 Å². The Balaban J connectivity index is 1.17. The summed E-state index contributed by atoms with van der Waals surface area (Å²) in [7, 11) is 0. The molecule has 1 saturated carbocycles. The molecule has 1 aliphatic heterocycles. The molecule has 35 heavy (non-hydrogen) atoms. The van der Waals surface area contributed by atoms with E-state index in [-0.39, 0.29) is 25.5 Å². The number of amides is 2. The Labute approximate surface area is 201 Å². The number of nitrogens with one attached hydrogen (secondary N) is 1. The van der Waals surface area contributed by atoms with E-state index in [0.29, 0.717) is 0 Å². The monoisotopic (exact) mass is 484 g/mol. The third-order valence-electron chi connectivity index (χ3n) is 7.63. The molecule has 9 heteroatoms.